The molecule has 0 aliphatic heterocycles. The van der Waals surface area contributed by atoms with Crippen LogP contribution in [0, 0.1) is 32.1 Å². The van der Waals surface area contributed by atoms with Gasteiger partial charge in [-0.25, -0.2) is 0 Å². The molecule has 2 aromatic rings. The first-order chi connectivity index (χ1) is 8.61. The van der Waals surface area contributed by atoms with E-state index in [0.717, 1.165) is 11.4 Å². The second kappa shape index (κ2) is 5.01. The van der Waals surface area contributed by atoms with Crippen molar-refractivity contribution in [2.45, 2.75) is 27.2 Å². The van der Waals surface area contributed by atoms with Crippen molar-refractivity contribution in [3.05, 3.63) is 52.7 Å². The lowest BCUT2D eigenvalue weighted by atomic mass is 9.97. The summed E-state index contributed by atoms with van der Waals surface area (Å²) >= 11 is 0. The summed E-state index contributed by atoms with van der Waals surface area (Å²) in [4.78, 5) is 4.56. The van der Waals surface area contributed by atoms with E-state index in [1.165, 1.54) is 22.3 Å². The third kappa shape index (κ3) is 2.41. The van der Waals surface area contributed by atoms with E-state index in [1.807, 2.05) is 18.2 Å². The molecule has 0 saturated heterocycles. The van der Waals surface area contributed by atoms with Crippen LogP contribution in [0.4, 0.5) is 0 Å². The molecule has 0 unspecified atom stereocenters. The molecule has 1 aromatic heterocycles. The maximum absolute atomic E-state index is 8.74. The van der Waals surface area contributed by atoms with Crippen LogP contribution in [-0.2, 0) is 6.42 Å². The lowest BCUT2D eigenvalue weighted by molar-refractivity contribution is 1.11. The second-order valence-corrected chi connectivity index (χ2v) is 4.62. The fourth-order valence-corrected chi connectivity index (χ4v) is 2.38. The van der Waals surface area contributed by atoms with Crippen LogP contribution in [0.2, 0.25) is 0 Å². The minimum atomic E-state index is 0.359. The van der Waals surface area contributed by atoms with Crippen LogP contribution in [0.15, 0.2) is 30.3 Å². The van der Waals surface area contributed by atoms with Crippen LogP contribution >= 0.6 is 0 Å². The highest BCUT2D eigenvalue weighted by Gasteiger charge is 2.08. The number of aryl methyl sites for hydroxylation is 3. The first-order valence-electron chi connectivity index (χ1n) is 6.03. The van der Waals surface area contributed by atoms with Crippen molar-refractivity contribution < 1.29 is 0 Å². The molecule has 1 heterocycles. The van der Waals surface area contributed by atoms with Gasteiger partial charge in [0.05, 0.1) is 23.9 Å². The summed E-state index contributed by atoms with van der Waals surface area (Å²) < 4.78 is 0. The van der Waals surface area contributed by atoms with E-state index < -0.39 is 0 Å². The highest BCUT2D eigenvalue weighted by Crippen LogP contribution is 2.26. The van der Waals surface area contributed by atoms with Gasteiger partial charge in [0.25, 0.3) is 0 Å². The molecule has 0 aliphatic carbocycles. The molecular weight excluding hydrogens is 220 g/mol. The van der Waals surface area contributed by atoms with Gasteiger partial charge >= 0.3 is 0 Å². The number of rotatable bonds is 2. The van der Waals surface area contributed by atoms with Gasteiger partial charge in [-0.2, -0.15) is 5.26 Å². The minimum absolute atomic E-state index is 0.359. The van der Waals surface area contributed by atoms with Crippen molar-refractivity contribution in [2.24, 2.45) is 0 Å². The zero-order chi connectivity index (χ0) is 13.1. The summed E-state index contributed by atoms with van der Waals surface area (Å²) in [5, 5.41) is 8.74. The monoisotopic (exact) mass is 236 g/mol. The molecule has 0 N–H and O–H groups in total. The first kappa shape index (κ1) is 12.3. The standard InChI is InChI=1S/C16H16N2/c1-11-9-12(2)16(13(3)10-11)15-6-4-5-14(18-15)7-8-17/h4-6,9-10H,7H2,1-3H3. The average molecular weight is 236 g/mol. The van der Waals surface area contributed by atoms with Crippen LogP contribution in [-0.4, -0.2) is 4.98 Å². The Hall–Kier alpha value is -2.14. The summed E-state index contributed by atoms with van der Waals surface area (Å²) in [5.74, 6) is 0. The lowest BCUT2D eigenvalue weighted by Gasteiger charge is -2.11. The van der Waals surface area contributed by atoms with Crippen LogP contribution in [0.1, 0.15) is 22.4 Å². The molecule has 90 valence electrons. The minimum Gasteiger partial charge on any atom is -0.252 e. The highest BCUT2D eigenvalue weighted by atomic mass is 14.7. The summed E-state index contributed by atoms with van der Waals surface area (Å²) in [7, 11) is 0. The number of pyridine rings is 1. The van der Waals surface area contributed by atoms with Gasteiger partial charge < -0.3 is 0 Å². The average Bonchev–Trinajstić information content (AvgIpc) is 2.28. The number of hydrogen-bond acceptors (Lipinski definition) is 2. The molecule has 0 aliphatic rings. The molecule has 0 fully saturated rings. The molecule has 2 nitrogen and oxygen atoms in total. The van der Waals surface area contributed by atoms with Crippen molar-refractivity contribution in [3.63, 3.8) is 0 Å². The van der Waals surface area contributed by atoms with E-state index in [9.17, 15) is 0 Å². The number of benzene rings is 1. The largest absolute Gasteiger partial charge is 0.252 e. The Bertz CT molecular complexity index is 598. The Balaban J connectivity index is 2.56. The predicted octanol–water partition coefficient (Wildman–Crippen LogP) is 3.74. The van der Waals surface area contributed by atoms with Crippen molar-refractivity contribution >= 4 is 0 Å². The van der Waals surface area contributed by atoms with Crippen LogP contribution in [0.5, 0.6) is 0 Å². The predicted molar refractivity (Wildman–Crippen MR) is 73.2 cm³/mol. The van der Waals surface area contributed by atoms with E-state index in [0.29, 0.717) is 6.42 Å². The maximum atomic E-state index is 8.74. The molecule has 2 heteroatoms. The van der Waals surface area contributed by atoms with Gasteiger partial charge in [0.2, 0.25) is 0 Å². The first-order valence-corrected chi connectivity index (χ1v) is 6.03. The van der Waals surface area contributed by atoms with Gasteiger partial charge in [-0.1, -0.05) is 23.8 Å². The van der Waals surface area contributed by atoms with Crippen molar-refractivity contribution in [2.75, 3.05) is 0 Å². The van der Waals surface area contributed by atoms with Gasteiger partial charge in [0.15, 0.2) is 0 Å². The zero-order valence-corrected chi connectivity index (χ0v) is 11.0. The summed E-state index contributed by atoms with van der Waals surface area (Å²) in [5.41, 5.74) is 6.69. The van der Waals surface area contributed by atoms with E-state index in [-0.39, 0.29) is 0 Å². The Morgan fingerprint density at radius 1 is 1.11 bits per heavy atom. The number of nitrogens with zero attached hydrogens (tertiary/aromatic N) is 2. The van der Waals surface area contributed by atoms with Crippen molar-refractivity contribution in [1.82, 2.24) is 4.98 Å². The van der Waals surface area contributed by atoms with Gasteiger partial charge in [-0.15, -0.1) is 0 Å². The van der Waals surface area contributed by atoms with E-state index >= 15 is 0 Å². The molecule has 2 rings (SSSR count). The molecule has 0 bridgehead atoms. The summed E-state index contributed by atoms with van der Waals surface area (Å²) in [6.07, 6.45) is 0.359. The molecule has 0 saturated carbocycles. The lowest BCUT2D eigenvalue weighted by Crippen LogP contribution is -1.95. The van der Waals surface area contributed by atoms with E-state index in [1.54, 1.807) is 0 Å². The number of hydrogen-bond donors (Lipinski definition) is 0. The van der Waals surface area contributed by atoms with Crippen LogP contribution < -0.4 is 0 Å². The molecule has 0 spiro atoms. The molecule has 0 radical (unpaired) electrons. The van der Waals surface area contributed by atoms with E-state index in [4.69, 9.17) is 5.26 Å². The van der Waals surface area contributed by atoms with E-state index in [2.05, 4.69) is 44.0 Å². The van der Waals surface area contributed by atoms with Crippen molar-refractivity contribution in [1.29, 1.82) is 5.26 Å². The zero-order valence-electron chi connectivity index (χ0n) is 11.0. The molecule has 0 amide bonds. The second-order valence-electron chi connectivity index (χ2n) is 4.62. The molecule has 0 atom stereocenters. The third-order valence-corrected chi connectivity index (χ3v) is 3.00. The smallest absolute Gasteiger partial charge is 0.0774 e. The SMILES string of the molecule is Cc1cc(C)c(-c2cccc(CC#N)n2)c(C)c1. The molecule has 1 aromatic carbocycles. The van der Waals surface area contributed by atoms with Crippen LogP contribution in [0.25, 0.3) is 11.3 Å². The van der Waals surface area contributed by atoms with Gasteiger partial charge in [-0.3, -0.25) is 4.98 Å². The maximum Gasteiger partial charge on any atom is 0.0774 e. The Labute approximate surface area is 108 Å². The Morgan fingerprint density at radius 2 is 1.78 bits per heavy atom. The fourth-order valence-electron chi connectivity index (χ4n) is 2.38. The van der Waals surface area contributed by atoms with Gasteiger partial charge in [0.1, 0.15) is 0 Å². The Morgan fingerprint density at radius 3 is 2.39 bits per heavy atom. The number of nitriles is 1. The van der Waals surface area contributed by atoms with Crippen molar-refractivity contribution in [3.8, 4) is 17.3 Å². The molecular formula is C16H16N2. The Kier molecular flexibility index (Phi) is 3.43. The van der Waals surface area contributed by atoms with Gasteiger partial charge in [-0.05, 0) is 44.0 Å². The van der Waals surface area contributed by atoms with Gasteiger partial charge in [0, 0.05) is 5.56 Å². The number of aromatic nitrogens is 1. The topological polar surface area (TPSA) is 36.7 Å². The third-order valence-electron chi connectivity index (χ3n) is 3.00. The van der Waals surface area contributed by atoms with Crippen LogP contribution in [0.3, 0.4) is 0 Å². The fraction of sp³-hybridized carbons (Fsp3) is 0.250. The molecule has 18 heavy (non-hydrogen) atoms. The summed E-state index contributed by atoms with van der Waals surface area (Å²) in [6.45, 7) is 6.31. The normalized spacial score (nSPS) is 10.1. The summed E-state index contributed by atoms with van der Waals surface area (Å²) in [6, 6.07) is 12.3. The quantitative estimate of drug-likeness (QED) is 0.796. The highest BCUT2D eigenvalue weighted by molar-refractivity contribution is 5.68.